The van der Waals surface area contributed by atoms with Crippen LogP contribution in [0.5, 0.6) is 5.75 Å². The second kappa shape index (κ2) is 7.07. The Morgan fingerprint density at radius 2 is 1.82 bits per heavy atom. The van der Waals surface area contributed by atoms with E-state index in [1.165, 1.54) is 0 Å². The van der Waals surface area contributed by atoms with E-state index in [0.717, 1.165) is 6.42 Å². The summed E-state index contributed by atoms with van der Waals surface area (Å²) in [5.74, 6) is 0.510. The van der Waals surface area contributed by atoms with Gasteiger partial charge < -0.3 is 4.74 Å². The summed E-state index contributed by atoms with van der Waals surface area (Å²) in [5.41, 5.74) is 0.584. The summed E-state index contributed by atoms with van der Waals surface area (Å²) in [5, 5.41) is 0. The van der Waals surface area contributed by atoms with Gasteiger partial charge in [0.25, 0.3) is 0 Å². The third-order valence-electron chi connectivity index (χ3n) is 2.18. The maximum absolute atomic E-state index is 11.5. The topological polar surface area (TPSA) is 43.4 Å². The first-order chi connectivity index (χ1) is 8.17. The van der Waals surface area contributed by atoms with E-state index in [2.05, 4.69) is 0 Å². The molecule has 0 aromatic heterocycles. The molecule has 0 heterocycles. The van der Waals surface area contributed by atoms with Gasteiger partial charge in [-0.1, -0.05) is 6.92 Å². The van der Waals surface area contributed by atoms with Gasteiger partial charge in [-0.05, 0) is 30.7 Å². The smallest absolute Gasteiger partial charge is 0.311 e. The summed E-state index contributed by atoms with van der Waals surface area (Å²) in [6.45, 7) is 1.91. The summed E-state index contributed by atoms with van der Waals surface area (Å²) in [7, 11) is 0. The SMILES string of the molecule is CCCC(=O)Oc1ccc(C(=O)CCCl)cc1. The molecule has 0 spiro atoms. The number of carbonyl (C=O) groups is 2. The highest BCUT2D eigenvalue weighted by atomic mass is 35.5. The van der Waals surface area contributed by atoms with Gasteiger partial charge in [-0.25, -0.2) is 0 Å². The fourth-order valence-electron chi connectivity index (χ4n) is 1.33. The Hall–Kier alpha value is -1.35. The van der Waals surface area contributed by atoms with Crippen LogP contribution in [-0.4, -0.2) is 17.6 Å². The lowest BCUT2D eigenvalue weighted by Gasteiger charge is -2.04. The molecule has 0 saturated heterocycles. The largest absolute Gasteiger partial charge is 0.427 e. The Morgan fingerprint density at radius 3 is 2.35 bits per heavy atom. The second-order valence-corrected chi connectivity index (χ2v) is 3.99. The van der Waals surface area contributed by atoms with Crippen LogP contribution in [0.25, 0.3) is 0 Å². The number of hydrogen-bond donors (Lipinski definition) is 0. The Balaban J connectivity index is 2.61. The van der Waals surface area contributed by atoms with Gasteiger partial charge in [0.2, 0.25) is 0 Å². The van der Waals surface area contributed by atoms with Crippen molar-refractivity contribution in [3.05, 3.63) is 29.8 Å². The van der Waals surface area contributed by atoms with E-state index in [1.54, 1.807) is 24.3 Å². The quantitative estimate of drug-likeness (QED) is 0.339. The molecule has 0 saturated carbocycles. The number of ether oxygens (including phenoxy) is 1. The van der Waals surface area contributed by atoms with Crippen molar-refractivity contribution < 1.29 is 14.3 Å². The molecule has 92 valence electrons. The van der Waals surface area contributed by atoms with Crippen molar-refractivity contribution >= 4 is 23.4 Å². The lowest BCUT2D eigenvalue weighted by Crippen LogP contribution is -2.07. The molecule has 1 aromatic carbocycles. The highest BCUT2D eigenvalue weighted by Gasteiger charge is 2.06. The van der Waals surface area contributed by atoms with E-state index < -0.39 is 0 Å². The maximum atomic E-state index is 11.5. The molecule has 1 aromatic rings. The lowest BCUT2D eigenvalue weighted by molar-refractivity contribution is -0.134. The predicted octanol–water partition coefficient (Wildman–Crippen LogP) is 3.20. The molecular formula is C13H15ClO3. The maximum Gasteiger partial charge on any atom is 0.311 e. The Bertz CT molecular complexity index is 384. The van der Waals surface area contributed by atoms with Gasteiger partial charge in [-0.3, -0.25) is 9.59 Å². The summed E-state index contributed by atoms with van der Waals surface area (Å²) in [4.78, 5) is 22.7. The van der Waals surface area contributed by atoms with Crippen LogP contribution in [0.15, 0.2) is 24.3 Å². The predicted molar refractivity (Wildman–Crippen MR) is 66.7 cm³/mol. The molecule has 0 fully saturated rings. The normalized spacial score (nSPS) is 10.0. The molecule has 0 N–H and O–H groups in total. The molecule has 0 unspecified atom stereocenters. The molecule has 0 aliphatic rings. The monoisotopic (exact) mass is 254 g/mol. The molecule has 17 heavy (non-hydrogen) atoms. The molecule has 4 heteroatoms. The first-order valence-corrected chi connectivity index (χ1v) is 6.10. The Morgan fingerprint density at radius 1 is 1.18 bits per heavy atom. The lowest BCUT2D eigenvalue weighted by atomic mass is 10.1. The van der Waals surface area contributed by atoms with Crippen molar-refractivity contribution in [2.45, 2.75) is 26.2 Å². The molecule has 0 aliphatic carbocycles. The van der Waals surface area contributed by atoms with Gasteiger partial charge in [0.15, 0.2) is 5.78 Å². The molecule has 3 nitrogen and oxygen atoms in total. The Labute approximate surface area is 106 Å². The number of benzene rings is 1. The number of alkyl halides is 1. The van der Waals surface area contributed by atoms with E-state index in [4.69, 9.17) is 16.3 Å². The zero-order valence-electron chi connectivity index (χ0n) is 9.74. The van der Waals surface area contributed by atoms with Crippen LogP contribution in [0.2, 0.25) is 0 Å². The minimum Gasteiger partial charge on any atom is -0.427 e. The minimum absolute atomic E-state index is 0.00793. The van der Waals surface area contributed by atoms with Gasteiger partial charge >= 0.3 is 5.97 Å². The van der Waals surface area contributed by atoms with Crippen LogP contribution in [0.1, 0.15) is 36.5 Å². The van der Waals surface area contributed by atoms with Crippen LogP contribution in [0, 0.1) is 0 Å². The van der Waals surface area contributed by atoms with Crippen molar-refractivity contribution in [3.63, 3.8) is 0 Å². The van der Waals surface area contributed by atoms with Crippen LogP contribution < -0.4 is 4.74 Å². The number of rotatable bonds is 6. The molecule has 0 bridgehead atoms. The molecule has 0 radical (unpaired) electrons. The third kappa shape index (κ3) is 4.57. The summed E-state index contributed by atoms with van der Waals surface area (Å²) in [6, 6.07) is 6.52. The van der Waals surface area contributed by atoms with Gasteiger partial charge in [-0.15, -0.1) is 11.6 Å². The average Bonchev–Trinajstić information content (AvgIpc) is 2.30. The highest BCUT2D eigenvalue weighted by molar-refractivity contribution is 6.19. The van der Waals surface area contributed by atoms with Crippen LogP contribution in [0.3, 0.4) is 0 Å². The number of Topliss-reactive ketones (excluding diaryl/α,β-unsaturated/α-hetero) is 1. The number of halogens is 1. The highest BCUT2D eigenvalue weighted by Crippen LogP contribution is 2.14. The number of hydrogen-bond acceptors (Lipinski definition) is 3. The minimum atomic E-state index is -0.257. The van der Waals surface area contributed by atoms with E-state index in [9.17, 15) is 9.59 Å². The zero-order valence-corrected chi connectivity index (χ0v) is 10.5. The van der Waals surface area contributed by atoms with E-state index in [0.29, 0.717) is 30.0 Å². The van der Waals surface area contributed by atoms with E-state index in [1.807, 2.05) is 6.92 Å². The fourth-order valence-corrected chi connectivity index (χ4v) is 1.50. The Kier molecular flexibility index (Phi) is 5.70. The van der Waals surface area contributed by atoms with Crippen molar-refractivity contribution in [1.82, 2.24) is 0 Å². The summed E-state index contributed by atoms with van der Waals surface area (Å²) >= 11 is 5.49. The van der Waals surface area contributed by atoms with Crippen LogP contribution in [-0.2, 0) is 4.79 Å². The van der Waals surface area contributed by atoms with Crippen LogP contribution in [0.4, 0.5) is 0 Å². The number of ketones is 1. The van der Waals surface area contributed by atoms with Gasteiger partial charge in [0.05, 0.1) is 0 Å². The summed E-state index contributed by atoms with van der Waals surface area (Å²) < 4.78 is 5.07. The number of esters is 1. The molecule has 1 rings (SSSR count). The van der Waals surface area contributed by atoms with Crippen molar-refractivity contribution in [1.29, 1.82) is 0 Å². The molecule has 0 amide bonds. The summed E-state index contributed by atoms with van der Waals surface area (Å²) in [6.07, 6.45) is 1.47. The van der Waals surface area contributed by atoms with Crippen molar-refractivity contribution in [2.75, 3.05) is 5.88 Å². The molecule has 0 aliphatic heterocycles. The van der Waals surface area contributed by atoms with Crippen molar-refractivity contribution in [3.8, 4) is 5.75 Å². The van der Waals surface area contributed by atoms with Gasteiger partial charge in [0.1, 0.15) is 5.75 Å². The second-order valence-electron chi connectivity index (χ2n) is 3.61. The van der Waals surface area contributed by atoms with E-state index >= 15 is 0 Å². The number of carbonyl (C=O) groups excluding carboxylic acids is 2. The van der Waals surface area contributed by atoms with E-state index in [-0.39, 0.29) is 11.8 Å². The first-order valence-electron chi connectivity index (χ1n) is 5.57. The van der Waals surface area contributed by atoms with Crippen molar-refractivity contribution in [2.24, 2.45) is 0 Å². The average molecular weight is 255 g/mol. The van der Waals surface area contributed by atoms with Gasteiger partial charge in [-0.2, -0.15) is 0 Å². The third-order valence-corrected chi connectivity index (χ3v) is 2.37. The van der Waals surface area contributed by atoms with Crippen LogP contribution >= 0.6 is 11.6 Å². The standard InChI is InChI=1S/C13H15ClO3/c1-2-3-13(16)17-11-6-4-10(5-7-11)12(15)8-9-14/h4-7H,2-3,8-9H2,1H3. The first kappa shape index (κ1) is 13.7. The van der Waals surface area contributed by atoms with Gasteiger partial charge in [0, 0.05) is 24.3 Å². The zero-order chi connectivity index (χ0) is 12.7. The molecular weight excluding hydrogens is 240 g/mol. The molecule has 0 atom stereocenters. The fraction of sp³-hybridized carbons (Fsp3) is 0.385.